The van der Waals surface area contributed by atoms with E-state index in [1.165, 1.54) is 6.92 Å². The van der Waals surface area contributed by atoms with E-state index in [0.717, 1.165) is 21.2 Å². The van der Waals surface area contributed by atoms with Crippen molar-refractivity contribution in [3.8, 4) is 0 Å². The van der Waals surface area contributed by atoms with Gasteiger partial charge in [0, 0.05) is 31.2 Å². The van der Waals surface area contributed by atoms with E-state index in [2.05, 4.69) is 26.3 Å². The number of halogens is 1. The van der Waals surface area contributed by atoms with Crippen molar-refractivity contribution in [1.29, 1.82) is 0 Å². The summed E-state index contributed by atoms with van der Waals surface area (Å²) in [5, 5.41) is 10.7. The maximum atomic E-state index is 13.1. The Balaban J connectivity index is 1.69. The van der Waals surface area contributed by atoms with Crippen molar-refractivity contribution in [1.82, 2.24) is 14.6 Å². The Kier molecular flexibility index (Phi) is 4.35. The summed E-state index contributed by atoms with van der Waals surface area (Å²) in [6, 6.07) is 11.4. The summed E-state index contributed by atoms with van der Waals surface area (Å²) in [4.78, 5) is 24.7. The molecule has 1 N–H and O–H groups in total. The van der Waals surface area contributed by atoms with Gasteiger partial charge >= 0.3 is 0 Å². The minimum Gasteiger partial charge on any atom is -0.324 e. The fraction of sp³-hybridized carbons (Fsp3) is 0.211. The summed E-state index contributed by atoms with van der Waals surface area (Å²) in [7, 11) is 1.83. The molecule has 3 heterocycles. The number of pyridine rings is 1. The minimum atomic E-state index is -0.180. The van der Waals surface area contributed by atoms with Gasteiger partial charge in [0.2, 0.25) is 5.91 Å². The van der Waals surface area contributed by atoms with Crippen LogP contribution in [-0.4, -0.2) is 40.0 Å². The third kappa shape index (κ3) is 3.16. The number of para-hydroxylation sites is 1. The van der Waals surface area contributed by atoms with Crippen LogP contribution in [-0.2, 0) is 11.2 Å². The lowest BCUT2D eigenvalue weighted by molar-refractivity contribution is -0.114. The van der Waals surface area contributed by atoms with Crippen LogP contribution in [0.3, 0.4) is 0 Å². The van der Waals surface area contributed by atoms with Gasteiger partial charge in [-0.1, -0.05) is 12.1 Å². The van der Waals surface area contributed by atoms with Crippen molar-refractivity contribution < 1.29 is 9.59 Å². The molecule has 2 aromatic heterocycles. The van der Waals surface area contributed by atoms with Gasteiger partial charge in [-0.15, -0.1) is 0 Å². The maximum Gasteiger partial charge on any atom is 0.292 e. The Bertz CT molecular complexity index is 1060. The number of benzene rings is 1. The van der Waals surface area contributed by atoms with Gasteiger partial charge in [0.25, 0.3) is 5.91 Å². The molecule has 2 amide bonds. The molecule has 0 saturated heterocycles. The second-order valence-electron chi connectivity index (χ2n) is 6.44. The maximum absolute atomic E-state index is 13.1. The van der Waals surface area contributed by atoms with Gasteiger partial charge in [-0.2, -0.15) is 5.10 Å². The van der Waals surface area contributed by atoms with Crippen LogP contribution in [0, 0.1) is 0 Å². The summed E-state index contributed by atoms with van der Waals surface area (Å²) < 4.78 is 2.57. The van der Waals surface area contributed by atoms with Crippen LogP contribution < -0.4 is 10.3 Å². The van der Waals surface area contributed by atoms with E-state index < -0.39 is 0 Å². The standard InChI is InChI=1S/C19H18BrN5O2/c1-12(26)21-16-5-3-4-13-8-9-25(23(2)18(13)16)19(27)17-10-15-7-6-14(20)11-24(15)22-17/h3-7,10-11H,8-9H2,1-2H3,(H,21,26). The first-order valence-corrected chi connectivity index (χ1v) is 9.33. The first-order valence-electron chi connectivity index (χ1n) is 8.54. The van der Waals surface area contributed by atoms with E-state index in [1.807, 2.05) is 43.6 Å². The summed E-state index contributed by atoms with van der Waals surface area (Å²) >= 11 is 3.41. The van der Waals surface area contributed by atoms with Gasteiger partial charge in [0.15, 0.2) is 5.69 Å². The zero-order valence-corrected chi connectivity index (χ0v) is 16.5. The van der Waals surface area contributed by atoms with Crippen LogP contribution in [0.1, 0.15) is 23.0 Å². The van der Waals surface area contributed by atoms with E-state index in [9.17, 15) is 9.59 Å². The molecular formula is C19H18BrN5O2. The van der Waals surface area contributed by atoms with Crippen LogP contribution in [0.15, 0.2) is 47.1 Å². The molecule has 0 fully saturated rings. The number of hydrogen-bond acceptors (Lipinski definition) is 4. The van der Waals surface area contributed by atoms with Gasteiger partial charge in [-0.25, -0.2) is 9.52 Å². The van der Waals surface area contributed by atoms with Gasteiger partial charge in [-0.05, 0) is 52.2 Å². The summed E-state index contributed by atoms with van der Waals surface area (Å²) in [5.74, 6) is -0.327. The van der Waals surface area contributed by atoms with E-state index in [0.29, 0.717) is 24.3 Å². The highest BCUT2D eigenvalue weighted by molar-refractivity contribution is 9.10. The molecule has 8 heteroatoms. The van der Waals surface area contributed by atoms with Gasteiger partial charge < -0.3 is 5.32 Å². The zero-order valence-electron chi connectivity index (χ0n) is 14.9. The molecule has 0 spiro atoms. The second-order valence-corrected chi connectivity index (χ2v) is 7.36. The predicted molar refractivity (Wildman–Crippen MR) is 107 cm³/mol. The number of rotatable bonds is 2. The number of carbonyl (C=O) groups excluding carboxylic acids is 2. The number of anilines is 2. The van der Waals surface area contributed by atoms with E-state index in [4.69, 9.17) is 0 Å². The number of fused-ring (bicyclic) bond motifs is 2. The van der Waals surface area contributed by atoms with Gasteiger partial charge in [0.1, 0.15) is 0 Å². The highest BCUT2D eigenvalue weighted by atomic mass is 79.9. The highest BCUT2D eigenvalue weighted by Gasteiger charge is 2.29. The van der Waals surface area contributed by atoms with Crippen LogP contribution >= 0.6 is 15.9 Å². The highest BCUT2D eigenvalue weighted by Crippen LogP contribution is 2.34. The van der Waals surface area contributed by atoms with Crippen molar-refractivity contribution >= 4 is 44.6 Å². The number of hydrazine groups is 1. The molecule has 3 aromatic rings. The number of carbonyl (C=O) groups is 2. The first kappa shape index (κ1) is 17.5. The minimum absolute atomic E-state index is 0.147. The molecule has 7 nitrogen and oxygen atoms in total. The fourth-order valence-electron chi connectivity index (χ4n) is 3.40. The third-order valence-corrected chi connectivity index (χ3v) is 5.06. The number of amides is 2. The van der Waals surface area contributed by atoms with E-state index in [-0.39, 0.29) is 11.8 Å². The van der Waals surface area contributed by atoms with Crippen molar-refractivity contribution in [3.05, 3.63) is 58.3 Å². The number of nitrogens with zero attached hydrogens (tertiary/aromatic N) is 4. The Labute approximate surface area is 164 Å². The van der Waals surface area contributed by atoms with Crippen LogP contribution in [0.5, 0.6) is 0 Å². The summed E-state index contributed by atoms with van der Waals surface area (Å²) in [6.07, 6.45) is 2.52. The van der Waals surface area contributed by atoms with Crippen LogP contribution in [0.25, 0.3) is 5.52 Å². The number of aromatic nitrogens is 2. The molecule has 138 valence electrons. The molecule has 1 aliphatic rings. The lowest BCUT2D eigenvalue weighted by atomic mass is 10.0. The topological polar surface area (TPSA) is 70.0 Å². The zero-order chi connectivity index (χ0) is 19.1. The normalized spacial score (nSPS) is 13.6. The van der Waals surface area contributed by atoms with Crippen molar-refractivity contribution in [3.63, 3.8) is 0 Å². The molecule has 0 unspecified atom stereocenters. The molecule has 1 aromatic carbocycles. The molecule has 27 heavy (non-hydrogen) atoms. The monoisotopic (exact) mass is 427 g/mol. The summed E-state index contributed by atoms with van der Waals surface area (Å²) in [5.41, 5.74) is 3.84. The number of nitrogens with one attached hydrogen (secondary N) is 1. The van der Waals surface area contributed by atoms with Crippen LogP contribution in [0.2, 0.25) is 0 Å². The average Bonchev–Trinajstić information content (AvgIpc) is 3.04. The Morgan fingerprint density at radius 1 is 1.22 bits per heavy atom. The lowest BCUT2D eigenvalue weighted by Crippen LogP contribution is -2.49. The second kappa shape index (κ2) is 6.70. The van der Waals surface area contributed by atoms with Gasteiger partial charge in [0.05, 0.1) is 16.9 Å². The molecule has 0 radical (unpaired) electrons. The Hall–Kier alpha value is -2.87. The molecule has 1 aliphatic heterocycles. The van der Waals surface area contributed by atoms with Crippen molar-refractivity contribution in [2.75, 3.05) is 23.9 Å². The average molecular weight is 428 g/mol. The fourth-order valence-corrected chi connectivity index (χ4v) is 3.73. The summed E-state index contributed by atoms with van der Waals surface area (Å²) in [6.45, 7) is 2.02. The van der Waals surface area contributed by atoms with E-state index >= 15 is 0 Å². The quantitative estimate of drug-likeness (QED) is 0.681. The molecule has 0 bridgehead atoms. The predicted octanol–water partition coefficient (Wildman–Crippen LogP) is 3.10. The lowest BCUT2D eigenvalue weighted by Gasteiger charge is -2.39. The molecule has 0 aliphatic carbocycles. The SMILES string of the molecule is CC(=O)Nc1cccc2c1N(C)N(C(=O)c1cc3ccc(Br)cn3n1)CC2. The smallest absolute Gasteiger partial charge is 0.292 e. The van der Waals surface area contributed by atoms with E-state index in [1.54, 1.807) is 20.6 Å². The molecule has 0 atom stereocenters. The first-order chi connectivity index (χ1) is 12.9. The molecular weight excluding hydrogens is 410 g/mol. The Morgan fingerprint density at radius 2 is 2.04 bits per heavy atom. The largest absolute Gasteiger partial charge is 0.324 e. The van der Waals surface area contributed by atoms with Gasteiger partial charge in [-0.3, -0.25) is 14.6 Å². The van der Waals surface area contributed by atoms with Crippen molar-refractivity contribution in [2.45, 2.75) is 13.3 Å². The van der Waals surface area contributed by atoms with Crippen molar-refractivity contribution in [2.24, 2.45) is 0 Å². The molecule has 0 saturated carbocycles. The third-order valence-electron chi connectivity index (χ3n) is 4.59. The molecule has 4 rings (SSSR count). The Morgan fingerprint density at radius 3 is 2.81 bits per heavy atom. The number of hydrogen-bond donors (Lipinski definition) is 1. The van der Waals surface area contributed by atoms with Crippen LogP contribution in [0.4, 0.5) is 11.4 Å².